The molecular weight excluding hydrogens is 276 g/mol. The van der Waals surface area contributed by atoms with E-state index >= 15 is 0 Å². The molecule has 2 unspecified atom stereocenters. The van der Waals surface area contributed by atoms with Crippen LogP contribution in [0.2, 0.25) is 0 Å². The Morgan fingerprint density at radius 3 is 2.90 bits per heavy atom. The van der Waals surface area contributed by atoms with Crippen molar-refractivity contribution in [2.45, 2.75) is 43.1 Å². The topological polar surface area (TPSA) is 20.2 Å². The smallest absolute Gasteiger partial charge is 0.0762 e. The molecule has 0 aliphatic heterocycles. The minimum Gasteiger partial charge on any atom is -0.389 e. The third kappa shape index (κ3) is 3.50. The van der Waals surface area contributed by atoms with Gasteiger partial charge in [-0.2, -0.15) is 0 Å². The maximum absolute atomic E-state index is 9.69. The molecule has 2 aromatic rings. The molecule has 0 aromatic heterocycles. The predicted molar refractivity (Wildman–Crippen MR) is 89.9 cm³/mol. The van der Waals surface area contributed by atoms with Gasteiger partial charge in [0.1, 0.15) is 0 Å². The summed E-state index contributed by atoms with van der Waals surface area (Å²) in [5.74, 6) is 1.79. The molecule has 2 atom stereocenters. The summed E-state index contributed by atoms with van der Waals surface area (Å²) >= 11 is 1.91. The van der Waals surface area contributed by atoms with Gasteiger partial charge in [0.05, 0.1) is 6.10 Å². The first-order chi connectivity index (χ1) is 10.2. The summed E-state index contributed by atoms with van der Waals surface area (Å²) in [6.45, 7) is 1.82. The quantitative estimate of drug-likeness (QED) is 0.806. The Labute approximate surface area is 131 Å². The molecule has 0 saturated heterocycles. The Bertz CT molecular complexity index is 606. The molecule has 1 N–H and O–H groups in total. The van der Waals surface area contributed by atoms with Crippen LogP contribution in [0, 0.1) is 0 Å². The molecule has 3 rings (SSSR count). The number of benzene rings is 2. The summed E-state index contributed by atoms with van der Waals surface area (Å²) in [6, 6.07) is 17.2. The lowest BCUT2D eigenvalue weighted by molar-refractivity contribution is 0.199. The van der Waals surface area contributed by atoms with E-state index in [4.69, 9.17) is 0 Å². The number of thioether (sulfide) groups is 1. The molecule has 2 aromatic carbocycles. The van der Waals surface area contributed by atoms with Crippen molar-refractivity contribution >= 4 is 11.8 Å². The molecule has 1 aliphatic rings. The number of fused-ring (bicyclic) bond motifs is 1. The largest absolute Gasteiger partial charge is 0.389 e. The Kier molecular flexibility index (Phi) is 4.67. The third-order valence-corrected chi connectivity index (χ3v) is 5.44. The summed E-state index contributed by atoms with van der Waals surface area (Å²) < 4.78 is 0. The van der Waals surface area contributed by atoms with Crippen molar-refractivity contribution in [1.29, 1.82) is 0 Å². The maximum atomic E-state index is 9.69. The van der Waals surface area contributed by atoms with Gasteiger partial charge in [0.15, 0.2) is 0 Å². The second kappa shape index (κ2) is 6.67. The monoisotopic (exact) mass is 298 g/mol. The fourth-order valence-corrected chi connectivity index (χ4v) is 4.22. The van der Waals surface area contributed by atoms with E-state index in [0.717, 1.165) is 11.3 Å². The van der Waals surface area contributed by atoms with Gasteiger partial charge in [-0.15, -0.1) is 11.8 Å². The minimum atomic E-state index is -0.388. The van der Waals surface area contributed by atoms with Crippen LogP contribution < -0.4 is 0 Å². The van der Waals surface area contributed by atoms with Crippen LogP contribution in [0.4, 0.5) is 0 Å². The highest BCUT2D eigenvalue weighted by Gasteiger charge is 2.19. The molecule has 0 heterocycles. The van der Waals surface area contributed by atoms with Gasteiger partial charge >= 0.3 is 0 Å². The van der Waals surface area contributed by atoms with Crippen LogP contribution >= 0.6 is 11.8 Å². The fraction of sp³-hybridized carbons (Fsp3) is 0.368. The molecule has 1 nitrogen and oxygen atoms in total. The molecule has 110 valence electrons. The highest BCUT2D eigenvalue weighted by atomic mass is 32.2. The van der Waals surface area contributed by atoms with Crippen molar-refractivity contribution in [1.82, 2.24) is 0 Å². The third-order valence-electron chi connectivity index (χ3n) is 4.29. The first kappa shape index (κ1) is 14.7. The van der Waals surface area contributed by atoms with Crippen molar-refractivity contribution in [3.8, 4) is 0 Å². The number of aryl methyl sites for hydroxylation is 1. The van der Waals surface area contributed by atoms with Crippen LogP contribution in [0.5, 0.6) is 0 Å². The van der Waals surface area contributed by atoms with Gasteiger partial charge in [-0.1, -0.05) is 36.4 Å². The fourth-order valence-electron chi connectivity index (χ4n) is 3.09. The molecule has 0 saturated carbocycles. The van der Waals surface area contributed by atoms with Gasteiger partial charge in [0.2, 0.25) is 0 Å². The van der Waals surface area contributed by atoms with Gasteiger partial charge in [0, 0.05) is 10.6 Å². The highest BCUT2D eigenvalue weighted by Crippen LogP contribution is 2.36. The van der Waals surface area contributed by atoms with Gasteiger partial charge in [-0.3, -0.25) is 0 Å². The predicted octanol–water partition coefficient (Wildman–Crippen LogP) is 4.95. The lowest BCUT2D eigenvalue weighted by Crippen LogP contribution is -2.11. The number of aliphatic hydroxyl groups is 1. The van der Waals surface area contributed by atoms with E-state index in [1.807, 2.05) is 30.8 Å². The second-order valence-electron chi connectivity index (χ2n) is 5.85. The SMILES string of the molecule is CC(O)c1cccc(SCC2CCCc3ccccc32)c1. The lowest BCUT2D eigenvalue weighted by Gasteiger charge is -2.25. The van der Waals surface area contributed by atoms with Gasteiger partial charge < -0.3 is 5.11 Å². The molecule has 1 aliphatic carbocycles. The van der Waals surface area contributed by atoms with E-state index in [0.29, 0.717) is 5.92 Å². The lowest BCUT2D eigenvalue weighted by atomic mass is 9.84. The Morgan fingerprint density at radius 1 is 1.19 bits per heavy atom. The van der Waals surface area contributed by atoms with Gasteiger partial charge in [-0.25, -0.2) is 0 Å². The number of hydrogen-bond acceptors (Lipinski definition) is 2. The normalized spacial score (nSPS) is 19.0. The van der Waals surface area contributed by atoms with Crippen molar-refractivity contribution < 1.29 is 5.11 Å². The van der Waals surface area contributed by atoms with Crippen molar-refractivity contribution in [2.75, 3.05) is 5.75 Å². The highest BCUT2D eigenvalue weighted by molar-refractivity contribution is 7.99. The minimum absolute atomic E-state index is 0.388. The van der Waals surface area contributed by atoms with Crippen molar-refractivity contribution in [3.63, 3.8) is 0 Å². The zero-order valence-corrected chi connectivity index (χ0v) is 13.3. The summed E-state index contributed by atoms with van der Waals surface area (Å²) in [5.41, 5.74) is 4.08. The Morgan fingerprint density at radius 2 is 2.05 bits per heavy atom. The number of aliphatic hydroxyl groups excluding tert-OH is 1. The molecule has 2 heteroatoms. The van der Waals surface area contributed by atoms with Crippen molar-refractivity contribution in [2.24, 2.45) is 0 Å². The summed E-state index contributed by atoms with van der Waals surface area (Å²) in [6.07, 6.45) is 3.44. The van der Waals surface area contributed by atoms with Gasteiger partial charge in [0.25, 0.3) is 0 Å². The summed E-state index contributed by atoms with van der Waals surface area (Å²) in [7, 11) is 0. The van der Waals surface area contributed by atoms with Crippen LogP contribution in [-0.2, 0) is 6.42 Å². The molecule has 0 amide bonds. The van der Waals surface area contributed by atoms with Crippen LogP contribution in [0.3, 0.4) is 0 Å². The van der Waals surface area contributed by atoms with E-state index in [-0.39, 0.29) is 6.10 Å². The number of hydrogen-bond donors (Lipinski definition) is 1. The molecule has 0 spiro atoms. The zero-order chi connectivity index (χ0) is 14.7. The van der Waals surface area contributed by atoms with E-state index < -0.39 is 0 Å². The standard InChI is InChI=1S/C19H22OS/c1-14(20)16-8-5-10-18(12-16)21-13-17-9-4-7-15-6-2-3-11-19(15)17/h2-3,5-6,8,10-12,14,17,20H,4,7,9,13H2,1H3. The van der Waals surface area contributed by atoms with E-state index in [2.05, 4.69) is 36.4 Å². The van der Waals surface area contributed by atoms with Crippen LogP contribution in [0.25, 0.3) is 0 Å². The summed E-state index contributed by atoms with van der Waals surface area (Å²) in [5, 5.41) is 9.69. The summed E-state index contributed by atoms with van der Waals surface area (Å²) in [4.78, 5) is 1.26. The van der Waals surface area contributed by atoms with Crippen LogP contribution in [-0.4, -0.2) is 10.9 Å². The molecular formula is C19H22OS. The van der Waals surface area contributed by atoms with Gasteiger partial charge in [-0.05, 0) is 60.9 Å². The van der Waals surface area contributed by atoms with E-state index in [1.165, 1.54) is 29.7 Å². The average Bonchev–Trinajstić information content (AvgIpc) is 2.53. The first-order valence-electron chi connectivity index (χ1n) is 7.72. The Hall–Kier alpha value is -1.25. The van der Waals surface area contributed by atoms with Crippen LogP contribution in [0.1, 0.15) is 48.5 Å². The molecule has 21 heavy (non-hydrogen) atoms. The average molecular weight is 298 g/mol. The van der Waals surface area contributed by atoms with E-state index in [9.17, 15) is 5.11 Å². The first-order valence-corrected chi connectivity index (χ1v) is 8.71. The Balaban J connectivity index is 1.70. The number of rotatable bonds is 4. The maximum Gasteiger partial charge on any atom is 0.0762 e. The van der Waals surface area contributed by atoms with Crippen LogP contribution in [0.15, 0.2) is 53.4 Å². The zero-order valence-electron chi connectivity index (χ0n) is 12.5. The van der Waals surface area contributed by atoms with Crippen molar-refractivity contribution in [3.05, 3.63) is 65.2 Å². The molecule has 0 bridgehead atoms. The second-order valence-corrected chi connectivity index (χ2v) is 6.94. The van der Waals surface area contributed by atoms with E-state index in [1.54, 1.807) is 5.56 Å². The molecule has 0 radical (unpaired) electrons. The molecule has 0 fully saturated rings.